The Morgan fingerprint density at radius 2 is 1.67 bits per heavy atom. The molecular weight excluding hydrogens is 449 g/mol. The van der Waals surface area contributed by atoms with Crippen LogP contribution < -0.4 is 4.74 Å². The highest BCUT2D eigenvalue weighted by molar-refractivity contribution is 5.68. The molecule has 178 valence electrons. The van der Waals surface area contributed by atoms with Gasteiger partial charge < -0.3 is 4.74 Å². The molecule has 0 heterocycles. The van der Waals surface area contributed by atoms with E-state index in [1.54, 1.807) is 0 Å². The van der Waals surface area contributed by atoms with Crippen LogP contribution in [-0.2, 0) is 6.42 Å². The zero-order chi connectivity index (χ0) is 23.9. The minimum atomic E-state index is -5.31. The maximum Gasteiger partial charge on any atom is 0.573 e. The number of benzene rings is 2. The number of fused-ring (bicyclic) bond motifs is 3. The molecule has 1 nitrogen and oxygen atoms in total. The van der Waals surface area contributed by atoms with Crippen LogP contribution in [0.25, 0.3) is 11.1 Å². The van der Waals surface area contributed by atoms with E-state index in [0.717, 1.165) is 38.5 Å². The molecule has 0 aliphatic heterocycles. The lowest BCUT2D eigenvalue weighted by molar-refractivity contribution is -0.276. The molecular formula is C25H23F7O. The lowest BCUT2D eigenvalue weighted by Crippen LogP contribution is -2.29. The second-order valence-corrected chi connectivity index (χ2v) is 8.88. The molecule has 0 N–H and O–H groups in total. The van der Waals surface area contributed by atoms with Crippen molar-refractivity contribution in [2.45, 2.75) is 57.2 Å². The summed E-state index contributed by atoms with van der Waals surface area (Å²) in [4.78, 5) is 0. The number of halogens is 7. The lowest BCUT2D eigenvalue weighted by atomic mass is 9.64. The van der Waals surface area contributed by atoms with Crippen LogP contribution in [-0.4, -0.2) is 6.36 Å². The molecule has 0 aromatic heterocycles. The monoisotopic (exact) mass is 472 g/mol. The van der Waals surface area contributed by atoms with Crippen LogP contribution in [0.15, 0.2) is 30.9 Å². The molecule has 2 aliphatic rings. The molecule has 0 radical (unpaired) electrons. The smallest absolute Gasteiger partial charge is 0.399 e. The Hall–Kier alpha value is -2.51. The molecule has 4 rings (SSSR count). The van der Waals surface area contributed by atoms with Gasteiger partial charge in [0, 0.05) is 0 Å². The van der Waals surface area contributed by atoms with Gasteiger partial charge in [0.2, 0.25) is 5.75 Å². The van der Waals surface area contributed by atoms with Gasteiger partial charge in [-0.15, -0.1) is 19.8 Å². The molecule has 2 aliphatic carbocycles. The van der Waals surface area contributed by atoms with Crippen LogP contribution >= 0.6 is 0 Å². The van der Waals surface area contributed by atoms with Crippen molar-refractivity contribution >= 4 is 0 Å². The van der Waals surface area contributed by atoms with Crippen LogP contribution in [0, 0.1) is 35.1 Å². The second kappa shape index (κ2) is 9.03. The summed E-state index contributed by atoms with van der Waals surface area (Å²) in [6.07, 6.45) is 2.41. The summed E-state index contributed by atoms with van der Waals surface area (Å²) < 4.78 is 99.3. The SMILES string of the molecule is C=CCCC1CCC2c3cc(F)c(-c4cc(F)c(OC(F)(F)F)c(F)c4)c(F)c3CCC2C1. The average Bonchev–Trinajstić information content (AvgIpc) is 2.74. The summed E-state index contributed by atoms with van der Waals surface area (Å²) in [6, 6.07) is 2.13. The van der Waals surface area contributed by atoms with Gasteiger partial charge in [-0.2, -0.15) is 0 Å². The number of allylic oxidation sites excluding steroid dienone is 1. The van der Waals surface area contributed by atoms with Crippen molar-refractivity contribution in [3.63, 3.8) is 0 Å². The number of rotatable bonds is 5. The minimum Gasteiger partial charge on any atom is -0.399 e. The van der Waals surface area contributed by atoms with Crippen LogP contribution in [0.3, 0.4) is 0 Å². The third-order valence-corrected chi connectivity index (χ3v) is 6.89. The topological polar surface area (TPSA) is 9.23 Å². The van der Waals surface area contributed by atoms with Crippen LogP contribution in [0.1, 0.15) is 55.6 Å². The van der Waals surface area contributed by atoms with Crippen molar-refractivity contribution in [1.29, 1.82) is 0 Å². The number of hydrogen-bond donors (Lipinski definition) is 0. The first-order valence-electron chi connectivity index (χ1n) is 11.0. The molecule has 3 unspecified atom stereocenters. The highest BCUT2D eigenvalue weighted by atomic mass is 19.4. The first-order chi connectivity index (χ1) is 15.6. The van der Waals surface area contributed by atoms with Gasteiger partial charge in [0.15, 0.2) is 11.6 Å². The van der Waals surface area contributed by atoms with Crippen LogP contribution in [0.2, 0.25) is 0 Å². The average molecular weight is 472 g/mol. The Morgan fingerprint density at radius 3 is 2.30 bits per heavy atom. The van der Waals surface area contributed by atoms with Gasteiger partial charge in [-0.25, -0.2) is 17.6 Å². The normalized spacial score (nSPS) is 22.5. The summed E-state index contributed by atoms with van der Waals surface area (Å²) in [5.74, 6) is -6.08. The van der Waals surface area contributed by atoms with Crippen LogP contribution in [0.4, 0.5) is 30.7 Å². The molecule has 0 bridgehead atoms. The third-order valence-electron chi connectivity index (χ3n) is 6.89. The van der Waals surface area contributed by atoms with E-state index in [4.69, 9.17) is 0 Å². The maximum atomic E-state index is 15.4. The van der Waals surface area contributed by atoms with E-state index >= 15 is 8.78 Å². The fourth-order valence-electron chi connectivity index (χ4n) is 5.48. The van der Waals surface area contributed by atoms with E-state index in [-0.39, 0.29) is 5.92 Å². The first-order valence-corrected chi connectivity index (χ1v) is 11.0. The van der Waals surface area contributed by atoms with E-state index in [2.05, 4.69) is 11.3 Å². The predicted molar refractivity (Wildman–Crippen MR) is 110 cm³/mol. The van der Waals surface area contributed by atoms with E-state index < -0.39 is 46.5 Å². The van der Waals surface area contributed by atoms with Gasteiger partial charge in [-0.3, -0.25) is 0 Å². The molecule has 1 fully saturated rings. The van der Waals surface area contributed by atoms with Gasteiger partial charge in [0.25, 0.3) is 0 Å². The van der Waals surface area contributed by atoms with E-state index in [1.807, 2.05) is 6.08 Å². The Balaban J connectivity index is 1.67. The Kier molecular flexibility index (Phi) is 6.47. The largest absolute Gasteiger partial charge is 0.573 e. The quantitative estimate of drug-likeness (QED) is 0.315. The molecule has 0 amide bonds. The number of ether oxygens (including phenoxy) is 1. The third kappa shape index (κ3) is 4.75. The van der Waals surface area contributed by atoms with E-state index in [1.165, 1.54) is 6.07 Å². The summed E-state index contributed by atoms with van der Waals surface area (Å²) in [7, 11) is 0. The summed E-state index contributed by atoms with van der Waals surface area (Å²) in [5, 5.41) is 0. The highest BCUT2D eigenvalue weighted by Gasteiger charge is 2.38. The van der Waals surface area contributed by atoms with Gasteiger partial charge in [0.1, 0.15) is 11.6 Å². The summed E-state index contributed by atoms with van der Waals surface area (Å²) in [5.41, 5.74) is -0.269. The molecule has 0 saturated heterocycles. The maximum absolute atomic E-state index is 15.4. The molecule has 2 aromatic rings. The molecule has 1 saturated carbocycles. The second-order valence-electron chi connectivity index (χ2n) is 8.88. The molecule has 33 heavy (non-hydrogen) atoms. The Labute approximate surface area is 187 Å². The molecule has 2 aromatic carbocycles. The molecule has 3 atom stereocenters. The predicted octanol–water partition coefficient (Wildman–Crippen LogP) is 8.22. The molecule has 0 spiro atoms. The minimum absolute atomic E-state index is 0.0165. The van der Waals surface area contributed by atoms with Crippen LogP contribution in [0.5, 0.6) is 5.75 Å². The van der Waals surface area contributed by atoms with E-state index in [9.17, 15) is 22.0 Å². The lowest BCUT2D eigenvalue weighted by Gasteiger charge is -2.41. The fourth-order valence-corrected chi connectivity index (χ4v) is 5.48. The van der Waals surface area contributed by atoms with Crippen molar-refractivity contribution < 1.29 is 35.5 Å². The van der Waals surface area contributed by atoms with Gasteiger partial charge in [-0.1, -0.05) is 6.08 Å². The van der Waals surface area contributed by atoms with Crippen molar-refractivity contribution in [3.8, 4) is 16.9 Å². The fraction of sp³-hybridized carbons (Fsp3) is 0.440. The number of hydrogen-bond acceptors (Lipinski definition) is 1. The zero-order valence-electron chi connectivity index (χ0n) is 17.8. The van der Waals surface area contributed by atoms with Crippen molar-refractivity contribution in [2.24, 2.45) is 11.8 Å². The van der Waals surface area contributed by atoms with E-state index in [0.29, 0.717) is 41.5 Å². The van der Waals surface area contributed by atoms with Crippen molar-refractivity contribution in [1.82, 2.24) is 0 Å². The van der Waals surface area contributed by atoms with Crippen molar-refractivity contribution in [3.05, 3.63) is 65.2 Å². The summed E-state index contributed by atoms with van der Waals surface area (Å²) >= 11 is 0. The highest BCUT2D eigenvalue weighted by Crippen LogP contribution is 2.50. The summed E-state index contributed by atoms with van der Waals surface area (Å²) in [6.45, 7) is 3.75. The standard InChI is InChI=1S/C25H23F7O/c1-2-3-4-13-5-7-16-14(9-13)6-8-17-18(16)12-19(26)22(23(17)29)15-10-20(27)24(21(28)11-15)33-25(30,31)32/h2,10-14,16H,1,3-9H2. The molecule has 8 heteroatoms. The number of alkyl halides is 3. The Morgan fingerprint density at radius 1 is 0.970 bits per heavy atom. The zero-order valence-corrected chi connectivity index (χ0v) is 17.8. The van der Waals surface area contributed by atoms with Gasteiger partial charge in [-0.05, 0) is 97.6 Å². The van der Waals surface area contributed by atoms with Gasteiger partial charge >= 0.3 is 6.36 Å². The van der Waals surface area contributed by atoms with Gasteiger partial charge in [0.05, 0.1) is 5.56 Å². The first kappa shape index (κ1) is 23.6. The Bertz CT molecular complexity index is 1040. The van der Waals surface area contributed by atoms with Crippen molar-refractivity contribution in [2.75, 3.05) is 0 Å².